The van der Waals surface area contributed by atoms with Crippen molar-refractivity contribution in [1.29, 1.82) is 0 Å². The number of nitrogens with zero attached hydrogens (tertiary/aromatic N) is 10. The van der Waals surface area contributed by atoms with E-state index in [0.29, 0.717) is 0 Å². The summed E-state index contributed by atoms with van der Waals surface area (Å²) in [5, 5.41) is 0. The van der Waals surface area contributed by atoms with Gasteiger partial charge in [0.15, 0.2) is 0 Å². The van der Waals surface area contributed by atoms with E-state index in [-0.39, 0.29) is 0 Å². The monoisotopic (exact) mass is 1320 g/mol. The maximum Gasteiger partial charge on any atom is 0.114 e. The Kier molecular flexibility index (Phi) is 15.4. The first-order chi connectivity index (χ1) is 50.0. The predicted octanol–water partition coefficient (Wildman–Crippen LogP) is 23.9. The molecule has 0 spiro atoms. The highest BCUT2D eigenvalue weighted by atomic mass is 32.1. The summed E-state index contributed by atoms with van der Waals surface area (Å²) in [6.45, 7) is 6.52. The molecule has 0 radical (unpaired) electrons. The zero-order valence-electron chi connectivity index (χ0n) is 56.1. The van der Waals surface area contributed by atoms with E-state index in [9.17, 15) is 0 Å². The molecule has 0 fully saturated rings. The minimum Gasteiger partial charge on any atom is -0.306 e. The molecule has 101 heavy (non-hydrogen) atoms. The Balaban J connectivity index is 0.000000111. The maximum atomic E-state index is 5.01. The SMILES string of the molecule is CCc1nc2cccc3c2n1-c1ccc(-c2ccc(-c4ccc(-c5ccccc5)s4)cc2)cc1N3c1ccccc1.CCc1nc2cccc3c2n1-c1ccc(-c2ccccc2)cc1N3c1ccccc1.CCc1nc2cccc3c2n1-c1ccc(-c2ccncc2)cc1N3c1ccccc1. The lowest BCUT2D eigenvalue weighted by Crippen LogP contribution is -2.19. The van der Waals surface area contributed by atoms with Crippen LogP contribution in [-0.4, -0.2) is 33.6 Å². The molecule has 0 aliphatic carbocycles. The molecule has 5 aromatic heterocycles. The van der Waals surface area contributed by atoms with Crippen molar-refractivity contribution < 1.29 is 0 Å². The van der Waals surface area contributed by atoms with Crippen molar-refractivity contribution in [3.8, 4) is 71.3 Å². The summed E-state index contributed by atoms with van der Waals surface area (Å²) < 4.78 is 7.03. The van der Waals surface area contributed by atoms with Crippen LogP contribution in [0.2, 0.25) is 0 Å². The van der Waals surface area contributed by atoms with Crippen molar-refractivity contribution in [2.24, 2.45) is 0 Å². The first-order valence-corrected chi connectivity index (χ1v) is 35.5. The molecule has 0 saturated heterocycles. The van der Waals surface area contributed by atoms with Crippen molar-refractivity contribution in [3.05, 3.63) is 339 Å². The van der Waals surface area contributed by atoms with Gasteiger partial charge < -0.3 is 14.7 Å². The Labute approximate surface area is 590 Å². The van der Waals surface area contributed by atoms with E-state index in [1.54, 1.807) is 0 Å². The number of pyridine rings is 1. The van der Waals surface area contributed by atoms with E-state index in [1.165, 1.54) is 88.0 Å². The number of para-hydroxylation sites is 6. The van der Waals surface area contributed by atoms with Crippen LogP contribution in [0.15, 0.2) is 322 Å². The highest BCUT2D eigenvalue weighted by Gasteiger charge is 2.33. The average molecular weight is 1320 g/mol. The Morgan fingerprint density at radius 2 is 0.545 bits per heavy atom. The molecular formula is C90H68N10S. The molecule has 10 nitrogen and oxygen atoms in total. The largest absolute Gasteiger partial charge is 0.306 e. The molecule has 0 bridgehead atoms. The van der Waals surface area contributed by atoms with Gasteiger partial charge in [-0.2, -0.15) is 0 Å². The maximum absolute atomic E-state index is 5.01. The zero-order valence-corrected chi connectivity index (χ0v) is 56.9. The van der Waals surface area contributed by atoms with E-state index >= 15 is 0 Å². The summed E-state index contributed by atoms with van der Waals surface area (Å²) in [5.74, 6) is 3.27. The number of thiophene rings is 1. The lowest BCUT2D eigenvalue weighted by Gasteiger charge is -2.33. The van der Waals surface area contributed by atoms with Crippen molar-refractivity contribution in [1.82, 2.24) is 33.6 Å². The number of fused-ring (bicyclic) bond motifs is 6. The first kappa shape index (κ1) is 60.7. The quantitative estimate of drug-likeness (QED) is 0.128. The van der Waals surface area contributed by atoms with Crippen molar-refractivity contribution >= 4 is 95.6 Å². The fourth-order valence-corrected chi connectivity index (χ4v) is 15.9. The highest BCUT2D eigenvalue weighted by molar-refractivity contribution is 7.18. The first-order valence-electron chi connectivity index (χ1n) is 34.7. The predicted molar refractivity (Wildman–Crippen MR) is 419 cm³/mol. The Morgan fingerprint density at radius 1 is 0.248 bits per heavy atom. The van der Waals surface area contributed by atoms with Gasteiger partial charge >= 0.3 is 0 Å². The standard InChI is InChI=1S/C37H27N3S.C27H21N3.C26H20N4/c1-2-36-38-30-14-9-15-32-37(30)40(36)31-21-20-28(24-33(31)39(32)29-12-7-4-8-13-29)25-16-18-27(19-17-25)35-23-22-34(41-35)26-10-5-3-6-11-26;1-2-26-28-22-14-9-15-24-27(22)30(26)23-17-16-20(19-10-5-3-6-11-19)18-25(23)29(24)21-12-7-4-8-13-21;1-2-25-28-21-9-6-10-23-26(21)30(25)22-12-11-19(18-13-15-27-16-14-18)17-24(22)29(23)20-7-4-3-5-8-20/h3-24H,2H2,1H3;3-18H,2H2,1H3;3-17H,2H2,1H3. The van der Waals surface area contributed by atoms with Gasteiger partial charge in [-0.25, -0.2) is 15.0 Å². The van der Waals surface area contributed by atoms with Gasteiger partial charge in [0.05, 0.1) is 84.3 Å². The number of aromatic nitrogens is 7. The molecule has 0 amide bonds. The molecule has 484 valence electrons. The topological polar surface area (TPSA) is 76.1 Å². The van der Waals surface area contributed by atoms with Crippen LogP contribution in [0.1, 0.15) is 38.2 Å². The van der Waals surface area contributed by atoms with Gasteiger partial charge in [-0.15, -0.1) is 11.3 Å². The number of imidazole rings is 3. The summed E-state index contributed by atoms with van der Waals surface area (Å²) in [4.78, 5) is 28.7. The van der Waals surface area contributed by atoms with Gasteiger partial charge in [0.1, 0.15) is 17.5 Å². The lowest BCUT2D eigenvalue weighted by molar-refractivity contribution is 0.900. The van der Waals surface area contributed by atoms with Gasteiger partial charge in [-0.1, -0.05) is 197 Å². The van der Waals surface area contributed by atoms with E-state index in [4.69, 9.17) is 15.0 Å². The second-order valence-corrected chi connectivity index (χ2v) is 26.5. The van der Waals surface area contributed by atoms with E-state index < -0.39 is 0 Å². The molecule has 0 atom stereocenters. The van der Waals surface area contributed by atoms with Gasteiger partial charge in [-0.05, 0) is 178 Å². The Hall–Kier alpha value is -12.7. The third kappa shape index (κ3) is 10.6. The fourth-order valence-electron chi connectivity index (χ4n) is 14.9. The highest BCUT2D eigenvalue weighted by Crippen LogP contribution is 2.52. The Bertz CT molecular complexity index is 5690. The molecular weight excluding hydrogens is 1250 g/mol. The smallest absolute Gasteiger partial charge is 0.114 e. The molecule has 3 aliphatic heterocycles. The Morgan fingerprint density at radius 3 is 0.901 bits per heavy atom. The van der Waals surface area contributed by atoms with Gasteiger partial charge in [-0.3, -0.25) is 18.7 Å². The second-order valence-electron chi connectivity index (χ2n) is 25.4. The van der Waals surface area contributed by atoms with Crippen molar-refractivity contribution in [2.75, 3.05) is 14.7 Å². The van der Waals surface area contributed by atoms with Crippen molar-refractivity contribution in [3.63, 3.8) is 0 Å². The molecule has 3 aliphatic rings. The minimum absolute atomic E-state index is 0.872. The number of rotatable bonds is 11. The van der Waals surface area contributed by atoms with Crippen LogP contribution >= 0.6 is 11.3 Å². The fraction of sp³-hybridized carbons (Fsp3) is 0.0667. The molecule has 0 N–H and O–H groups in total. The summed E-state index contributed by atoms with van der Waals surface area (Å²) >= 11 is 1.84. The molecule has 12 aromatic carbocycles. The molecule has 0 unspecified atom stereocenters. The second kappa shape index (κ2) is 25.6. The summed E-state index contributed by atoms with van der Waals surface area (Å²) in [5.41, 5.74) is 30.2. The van der Waals surface area contributed by atoms with Crippen LogP contribution in [0.3, 0.4) is 0 Å². The van der Waals surface area contributed by atoms with Crippen LogP contribution < -0.4 is 14.7 Å². The van der Waals surface area contributed by atoms with Crippen LogP contribution in [-0.2, 0) is 19.3 Å². The molecule has 8 heterocycles. The van der Waals surface area contributed by atoms with E-state index in [2.05, 4.69) is 364 Å². The van der Waals surface area contributed by atoms with E-state index in [0.717, 1.165) is 104 Å². The van der Waals surface area contributed by atoms with Crippen LogP contribution in [0.25, 0.3) is 104 Å². The lowest BCUT2D eigenvalue weighted by atomic mass is 10.00. The number of aryl methyl sites for hydroxylation is 3. The van der Waals surface area contributed by atoms with Gasteiger partial charge in [0.25, 0.3) is 0 Å². The number of hydrogen-bond acceptors (Lipinski definition) is 8. The summed E-state index contributed by atoms with van der Waals surface area (Å²) in [7, 11) is 0. The molecule has 0 saturated carbocycles. The summed E-state index contributed by atoms with van der Waals surface area (Å²) in [6.07, 6.45) is 6.32. The van der Waals surface area contributed by atoms with Crippen LogP contribution in [0.4, 0.5) is 51.2 Å². The molecule has 20 rings (SSSR count). The normalized spacial score (nSPS) is 12.2. The summed E-state index contributed by atoms with van der Waals surface area (Å²) in [6, 6.07) is 110. The minimum atomic E-state index is 0.872. The number of hydrogen-bond donors (Lipinski definition) is 0. The number of anilines is 9. The van der Waals surface area contributed by atoms with E-state index in [1.807, 2.05) is 23.7 Å². The van der Waals surface area contributed by atoms with Gasteiger partial charge in [0.2, 0.25) is 0 Å². The van der Waals surface area contributed by atoms with Crippen LogP contribution in [0.5, 0.6) is 0 Å². The average Bonchev–Trinajstić information content (AvgIpc) is 1.57. The zero-order chi connectivity index (χ0) is 67.5. The third-order valence-electron chi connectivity index (χ3n) is 19.5. The number of benzene rings is 12. The van der Waals surface area contributed by atoms with Crippen LogP contribution in [0, 0.1) is 0 Å². The van der Waals surface area contributed by atoms with Crippen molar-refractivity contribution in [2.45, 2.75) is 40.0 Å². The molecule has 17 aromatic rings. The molecule has 11 heteroatoms. The third-order valence-corrected chi connectivity index (χ3v) is 20.7. The van der Waals surface area contributed by atoms with Gasteiger partial charge in [0, 0.05) is 58.5 Å².